The van der Waals surface area contributed by atoms with E-state index in [1.807, 2.05) is 24.3 Å². The van der Waals surface area contributed by atoms with Gasteiger partial charge in [0.1, 0.15) is 17.3 Å². The van der Waals surface area contributed by atoms with Crippen LogP contribution in [0.5, 0.6) is 11.5 Å². The van der Waals surface area contributed by atoms with Gasteiger partial charge in [-0.2, -0.15) is 0 Å². The van der Waals surface area contributed by atoms with E-state index in [0.717, 1.165) is 84.9 Å². The molecule has 1 aromatic heterocycles. The van der Waals surface area contributed by atoms with E-state index < -0.39 is 0 Å². The summed E-state index contributed by atoms with van der Waals surface area (Å²) in [6.07, 6.45) is 3.75. The number of aromatic nitrogens is 2. The molecule has 0 bridgehead atoms. The van der Waals surface area contributed by atoms with Gasteiger partial charge >= 0.3 is 0 Å². The maximum absolute atomic E-state index is 6.54. The molecule has 0 spiro atoms. The molecule has 0 unspecified atom stereocenters. The van der Waals surface area contributed by atoms with Gasteiger partial charge in [-0.05, 0) is 49.2 Å². The summed E-state index contributed by atoms with van der Waals surface area (Å²) in [7, 11) is 3.41. The molecule has 0 amide bonds. The van der Waals surface area contributed by atoms with Crippen molar-refractivity contribution in [1.82, 2.24) is 15.3 Å². The van der Waals surface area contributed by atoms with Gasteiger partial charge < -0.3 is 34.0 Å². The number of benzene rings is 3. The van der Waals surface area contributed by atoms with Crippen molar-refractivity contribution in [2.45, 2.75) is 50.9 Å². The lowest BCUT2D eigenvalue weighted by atomic mass is 9.87. The van der Waals surface area contributed by atoms with Crippen molar-refractivity contribution in [1.29, 1.82) is 0 Å². The van der Waals surface area contributed by atoms with Crippen molar-refractivity contribution in [3.8, 4) is 11.5 Å². The molecule has 0 radical (unpaired) electrons. The molecule has 42 heavy (non-hydrogen) atoms. The summed E-state index contributed by atoms with van der Waals surface area (Å²) in [6, 6.07) is 22.7. The summed E-state index contributed by atoms with van der Waals surface area (Å²) in [5, 5.41) is 3.51. The van der Waals surface area contributed by atoms with Gasteiger partial charge in [-0.15, -0.1) is 0 Å². The van der Waals surface area contributed by atoms with E-state index in [-0.39, 0.29) is 6.10 Å². The number of imidazole rings is 1. The van der Waals surface area contributed by atoms with Gasteiger partial charge in [0.05, 0.1) is 50.7 Å². The first kappa shape index (κ1) is 30.0. The molecule has 1 saturated heterocycles. The van der Waals surface area contributed by atoms with Crippen LogP contribution in [-0.2, 0) is 33.8 Å². The van der Waals surface area contributed by atoms with E-state index in [1.165, 1.54) is 5.56 Å². The first-order valence-electron chi connectivity index (χ1n) is 15.0. The molecule has 0 aliphatic carbocycles. The first-order chi connectivity index (χ1) is 20.7. The second kappa shape index (κ2) is 15.7. The smallest absolute Gasteiger partial charge is 0.124 e. The summed E-state index contributed by atoms with van der Waals surface area (Å²) in [4.78, 5) is 8.31. The Kier molecular flexibility index (Phi) is 11.2. The minimum atomic E-state index is 0.0845. The molecule has 2 heterocycles. The Hall–Kier alpha value is -3.43. The lowest BCUT2D eigenvalue weighted by Gasteiger charge is -2.32. The van der Waals surface area contributed by atoms with Gasteiger partial charge in [0.15, 0.2) is 0 Å². The molecular formula is C34H43N3O5. The van der Waals surface area contributed by atoms with Gasteiger partial charge in [-0.3, -0.25) is 0 Å². The Bertz CT molecular complexity index is 1370. The van der Waals surface area contributed by atoms with Gasteiger partial charge in [0.2, 0.25) is 0 Å². The Morgan fingerprint density at radius 2 is 1.71 bits per heavy atom. The minimum Gasteiger partial charge on any atom is -0.496 e. The molecule has 4 aromatic rings. The highest BCUT2D eigenvalue weighted by molar-refractivity contribution is 5.78. The molecule has 8 heteroatoms. The van der Waals surface area contributed by atoms with Gasteiger partial charge in [0.25, 0.3) is 0 Å². The number of hydrogen-bond donors (Lipinski definition) is 2. The summed E-state index contributed by atoms with van der Waals surface area (Å²) in [5.41, 5.74) is 5.50. The number of aromatic amines is 1. The van der Waals surface area contributed by atoms with E-state index in [1.54, 1.807) is 14.2 Å². The molecule has 2 N–H and O–H groups in total. The van der Waals surface area contributed by atoms with Crippen LogP contribution in [-0.4, -0.2) is 63.2 Å². The van der Waals surface area contributed by atoms with Crippen LogP contribution in [0.3, 0.4) is 0 Å². The molecule has 0 saturated carbocycles. The van der Waals surface area contributed by atoms with E-state index >= 15 is 0 Å². The topological polar surface area (TPSA) is 86.9 Å². The lowest BCUT2D eigenvalue weighted by Crippen LogP contribution is -2.40. The number of para-hydroxylation sites is 2. The normalized spacial score (nSPS) is 17.0. The number of nitrogens with zero attached hydrogens (tertiary/aromatic N) is 1. The van der Waals surface area contributed by atoms with Crippen LogP contribution in [0.4, 0.5) is 0 Å². The highest BCUT2D eigenvalue weighted by Crippen LogP contribution is 2.30. The van der Waals surface area contributed by atoms with E-state index in [4.69, 9.17) is 28.7 Å². The van der Waals surface area contributed by atoms with Crippen LogP contribution in [0.2, 0.25) is 0 Å². The highest BCUT2D eigenvalue weighted by Gasteiger charge is 2.27. The molecule has 8 nitrogen and oxygen atoms in total. The van der Waals surface area contributed by atoms with E-state index in [0.29, 0.717) is 32.3 Å². The molecule has 2 atom stereocenters. The molecular weight excluding hydrogens is 530 g/mol. The van der Waals surface area contributed by atoms with E-state index in [2.05, 4.69) is 52.8 Å². The number of hydrogen-bond acceptors (Lipinski definition) is 7. The average molecular weight is 574 g/mol. The van der Waals surface area contributed by atoms with Crippen LogP contribution in [0.25, 0.3) is 11.0 Å². The number of rotatable bonds is 16. The highest BCUT2D eigenvalue weighted by atomic mass is 16.5. The summed E-state index contributed by atoms with van der Waals surface area (Å²) in [5.74, 6) is 3.05. The molecule has 1 fully saturated rings. The fraction of sp³-hybridized carbons (Fsp3) is 0.441. The third kappa shape index (κ3) is 8.10. The third-order valence-electron chi connectivity index (χ3n) is 7.75. The zero-order chi connectivity index (χ0) is 29.0. The lowest BCUT2D eigenvalue weighted by molar-refractivity contribution is 0.0111. The standard InChI is InChI=1S/C34H43N3O5/c1-38-19-6-12-33-36-30-10-5-9-27(34(30)37-33)24-42-32-22-35-18-17-29(32)25-13-15-28(16-14-25)41-21-7-20-40-23-26-8-3-4-11-31(26)39-2/h3-5,8-11,13-16,29,32,35H,6-7,12,17-24H2,1-2H3,(H,36,37)/t29-,32+/m1/s1. The number of fused-ring (bicyclic) bond motifs is 1. The van der Waals surface area contributed by atoms with Crippen molar-refractivity contribution in [3.63, 3.8) is 0 Å². The van der Waals surface area contributed by atoms with Crippen molar-refractivity contribution in [2.24, 2.45) is 0 Å². The largest absolute Gasteiger partial charge is 0.496 e. The first-order valence-corrected chi connectivity index (χ1v) is 15.0. The molecule has 1 aliphatic rings. The van der Waals surface area contributed by atoms with Crippen molar-refractivity contribution in [3.05, 3.63) is 89.2 Å². The molecule has 224 valence electrons. The third-order valence-corrected chi connectivity index (χ3v) is 7.75. The predicted octanol–water partition coefficient (Wildman–Crippen LogP) is 5.80. The molecule has 3 aromatic carbocycles. The SMILES string of the molecule is COCCCc1nc2c(CO[C@H]3CNCC[C@@H]3c3ccc(OCCCOCc4ccccc4OC)cc3)cccc2[nH]1. The van der Waals surface area contributed by atoms with Crippen LogP contribution in [0, 0.1) is 0 Å². The molecule has 1 aliphatic heterocycles. The number of methoxy groups -OCH3 is 2. The number of piperidine rings is 1. The zero-order valence-electron chi connectivity index (χ0n) is 24.8. The quantitative estimate of drug-likeness (QED) is 0.164. The number of nitrogens with one attached hydrogen (secondary N) is 2. The van der Waals surface area contributed by atoms with E-state index in [9.17, 15) is 0 Å². The van der Waals surface area contributed by atoms with Crippen LogP contribution < -0.4 is 14.8 Å². The number of aryl methyl sites for hydroxylation is 1. The van der Waals surface area contributed by atoms with Crippen molar-refractivity contribution in [2.75, 3.05) is 47.1 Å². The summed E-state index contributed by atoms with van der Waals surface area (Å²) >= 11 is 0. The Balaban J connectivity index is 1.09. The van der Waals surface area contributed by atoms with Gasteiger partial charge in [0, 0.05) is 50.1 Å². The van der Waals surface area contributed by atoms with Crippen molar-refractivity contribution >= 4 is 11.0 Å². The molecule has 5 rings (SSSR count). The second-order valence-electron chi connectivity index (χ2n) is 10.7. The number of H-pyrrole nitrogens is 1. The minimum absolute atomic E-state index is 0.0845. The number of ether oxygens (including phenoxy) is 5. The fourth-order valence-electron chi connectivity index (χ4n) is 5.51. The zero-order valence-corrected chi connectivity index (χ0v) is 24.8. The van der Waals surface area contributed by atoms with Crippen molar-refractivity contribution < 1.29 is 23.7 Å². The van der Waals surface area contributed by atoms with Crippen LogP contribution in [0.15, 0.2) is 66.7 Å². The van der Waals surface area contributed by atoms with Crippen LogP contribution >= 0.6 is 0 Å². The fourth-order valence-corrected chi connectivity index (χ4v) is 5.51. The summed E-state index contributed by atoms with van der Waals surface area (Å²) in [6.45, 7) is 4.85. The Labute approximate surface area is 248 Å². The monoisotopic (exact) mass is 573 g/mol. The average Bonchev–Trinajstić information content (AvgIpc) is 3.46. The Morgan fingerprint density at radius 3 is 2.57 bits per heavy atom. The predicted molar refractivity (Wildman–Crippen MR) is 164 cm³/mol. The Morgan fingerprint density at radius 1 is 0.857 bits per heavy atom. The van der Waals surface area contributed by atoms with Gasteiger partial charge in [-0.25, -0.2) is 4.98 Å². The van der Waals surface area contributed by atoms with Crippen LogP contribution in [0.1, 0.15) is 47.7 Å². The maximum Gasteiger partial charge on any atom is 0.124 e. The second-order valence-corrected chi connectivity index (χ2v) is 10.7. The summed E-state index contributed by atoms with van der Waals surface area (Å²) < 4.78 is 28.9. The van der Waals surface area contributed by atoms with Gasteiger partial charge in [-0.1, -0.05) is 42.5 Å². The maximum atomic E-state index is 6.54.